The van der Waals surface area contributed by atoms with E-state index in [1.165, 1.54) is 12.8 Å². The molecule has 0 aliphatic heterocycles. The van der Waals surface area contributed by atoms with Crippen LogP contribution in [0.15, 0.2) is 12.2 Å². The smallest absolute Gasteiger partial charge is 0.217 e. The summed E-state index contributed by atoms with van der Waals surface area (Å²) in [6.07, 6.45) is 8.82. The monoisotopic (exact) mass is 222 g/mol. The van der Waals surface area contributed by atoms with Crippen LogP contribution in [-0.2, 0) is 4.79 Å². The minimum atomic E-state index is -0.197. The van der Waals surface area contributed by atoms with Gasteiger partial charge in [0.25, 0.3) is 0 Å². The van der Waals surface area contributed by atoms with E-state index in [1.54, 1.807) is 0 Å². The number of hydrogen-bond donors (Lipinski definition) is 2. The Labute approximate surface area is 97.5 Å². The van der Waals surface area contributed by atoms with Gasteiger partial charge in [0.2, 0.25) is 5.91 Å². The molecule has 1 saturated carbocycles. The fraction of sp³-hybridized carbons (Fsp3) is 0.769. The molecule has 4 atom stereocenters. The molecule has 90 valence electrons. The van der Waals surface area contributed by atoms with Gasteiger partial charge in [0, 0.05) is 12.5 Å². The van der Waals surface area contributed by atoms with Crippen LogP contribution in [0.1, 0.15) is 32.6 Å². The van der Waals surface area contributed by atoms with Crippen molar-refractivity contribution in [3.05, 3.63) is 12.2 Å². The van der Waals surface area contributed by atoms with Gasteiger partial charge in [-0.15, -0.1) is 0 Å². The quantitative estimate of drug-likeness (QED) is 0.528. The van der Waals surface area contributed by atoms with Crippen molar-refractivity contribution in [1.29, 1.82) is 0 Å². The molecule has 0 heterocycles. The maximum absolute atomic E-state index is 10.6. The first kappa shape index (κ1) is 11.6. The number of carbonyl (C=O) groups excluding carboxylic acids is 1. The molecular formula is C13H22N2O. The average Bonchev–Trinajstić information content (AvgIpc) is 2.85. The van der Waals surface area contributed by atoms with E-state index in [9.17, 15) is 4.79 Å². The van der Waals surface area contributed by atoms with Gasteiger partial charge < -0.3 is 11.1 Å². The maximum atomic E-state index is 10.6. The van der Waals surface area contributed by atoms with E-state index in [-0.39, 0.29) is 5.91 Å². The molecule has 0 saturated heterocycles. The van der Waals surface area contributed by atoms with Crippen molar-refractivity contribution in [2.45, 2.75) is 38.6 Å². The van der Waals surface area contributed by atoms with Crippen LogP contribution in [-0.4, -0.2) is 18.5 Å². The van der Waals surface area contributed by atoms with E-state index in [1.807, 2.05) is 0 Å². The Morgan fingerprint density at radius 1 is 1.50 bits per heavy atom. The molecule has 16 heavy (non-hydrogen) atoms. The molecule has 0 spiro atoms. The number of fused-ring (bicyclic) bond motifs is 2. The van der Waals surface area contributed by atoms with Gasteiger partial charge in [0.05, 0.1) is 0 Å². The third-order valence-corrected chi connectivity index (χ3v) is 4.04. The topological polar surface area (TPSA) is 55.1 Å². The van der Waals surface area contributed by atoms with Gasteiger partial charge >= 0.3 is 0 Å². The second-order valence-electron chi connectivity index (χ2n) is 5.26. The summed E-state index contributed by atoms with van der Waals surface area (Å²) in [5.41, 5.74) is 5.11. The van der Waals surface area contributed by atoms with E-state index < -0.39 is 0 Å². The zero-order chi connectivity index (χ0) is 11.5. The zero-order valence-corrected chi connectivity index (χ0v) is 9.99. The molecule has 0 aromatic heterocycles. The standard InChI is InChI=1S/C13H22N2O/c1-9(15-6-2-3-13(14)16)12-8-10-4-5-11(12)7-10/h4-5,9-12,15H,2-3,6-8H2,1H3,(H2,14,16). The number of carbonyl (C=O) groups is 1. The lowest BCUT2D eigenvalue weighted by atomic mass is 9.87. The third kappa shape index (κ3) is 2.64. The lowest BCUT2D eigenvalue weighted by molar-refractivity contribution is -0.118. The fourth-order valence-electron chi connectivity index (χ4n) is 3.14. The van der Waals surface area contributed by atoms with Crippen molar-refractivity contribution in [1.82, 2.24) is 5.32 Å². The second kappa shape index (κ2) is 5.00. The van der Waals surface area contributed by atoms with Gasteiger partial charge in [-0.25, -0.2) is 0 Å². The van der Waals surface area contributed by atoms with Crippen molar-refractivity contribution >= 4 is 5.91 Å². The lowest BCUT2D eigenvalue weighted by Gasteiger charge is -2.26. The summed E-state index contributed by atoms with van der Waals surface area (Å²) in [7, 11) is 0. The van der Waals surface area contributed by atoms with Crippen LogP contribution in [0.25, 0.3) is 0 Å². The Hall–Kier alpha value is -0.830. The van der Waals surface area contributed by atoms with Crippen molar-refractivity contribution in [2.75, 3.05) is 6.54 Å². The van der Waals surface area contributed by atoms with E-state index >= 15 is 0 Å². The minimum absolute atomic E-state index is 0.197. The van der Waals surface area contributed by atoms with Gasteiger partial charge in [-0.3, -0.25) is 4.79 Å². The van der Waals surface area contributed by atoms with Crippen molar-refractivity contribution < 1.29 is 4.79 Å². The summed E-state index contributed by atoms with van der Waals surface area (Å²) in [5, 5.41) is 3.52. The molecule has 2 aliphatic rings. The predicted molar refractivity (Wildman–Crippen MR) is 64.7 cm³/mol. The number of allylic oxidation sites excluding steroid dienone is 2. The zero-order valence-electron chi connectivity index (χ0n) is 9.99. The highest BCUT2D eigenvalue weighted by Gasteiger charge is 2.38. The van der Waals surface area contributed by atoms with Crippen LogP contribution >= 0.6 is 0 Å². The minimum Gasteiger partial charge on any atom is -0.370 e. The van der Waals surface area contributed by atoms with Crippen LogP contribution < -0.4 is 11.1 Å². The molecule has 3 N–H and O–H groups in total. The Morgan fingerprint density at radius 2 is 2.31 bits per heavy atom. The fourth-order valence-corrected chi connectivity index (χ4v) is 3.14. The van der Waals surface area contributed by atoms with Gasteiger partial charge in [0.15, 0.2) is 0 Å². The number of nitrogens with one attached hydrogen (secondary N) is 1. The molecule has 2 bridgehead atoms. The van der Waals surface area contributed by atoms with Crippen molar-refractivity contribution in [2.24, 2.45) is 23.5 Å². The van der Waals surface area contributed by atoms with Gasteiger partial charge in [0.1, 0.15) is 0 Å². The number of rotatable bonds is 6. The SMILES string of the molecule is CC(NCCCC(N)=O)C1CC2C=CC1C2. The summed E-state index contributed by atoms with van der Waals surface area (Å²) in [5.74, 6) is 2.23. The molecule has 0 radical (unpaired) electrons. The molecule has 1 fully saturated rings. The molecule has 2 aliphatic carbocycles. The summed E-state index contributed by atoms with van der Waals surface area (Å²) in [4.78, 5) is 10.6. The highest BCUT2D eigenvalue weighted by Crippen LogP contribution is 2.44. The van der Waals surface area contributed by atoms with E-state index in [2.05, 4.69) is 24.4 Å². The number of hydrogen-bond acceptors (Lipinski definition) is 2. The second-order valence-corrected chi connectivity index (χ2v) is 5.26. The highest BCUT2D eigenvalue weighted by molar-refractivity contribution is 5.73. The van der Waals surface area contributed by atoms with Gasteiger partial charge in [-0.2, -0.15) is 0 Å². The van der Waals surface area contributed by atoms with Crippen molar-refractivity contribution in [3.8, 4) is 0 Å². The Balaban J connectivity index is 1.66. The van der Waals surface area contributed by atoms with Crippen molar-refractivity contribution in [3.63, 3.8) is 0 Å². The average molecular weight is 222 g/mol. The van der Waals surface area contributed by atoms with Crippen LogP contribution in [0.5, 0.6) is 0 Å². The number of nitrogens with two attached hydrogens (primary N) is 1. The third-order valence-electron chi connectivity index (χ3n) is 4.04. The van der Waals surface area contributed by atoms with Crippen LogP contribution in [0.2, 0.25) is 0 Å². The summed E-state index contributed by atoms with van der Waals surface area (Å²) in [6.45, 7) is 3.17. The highest BCUT2D eigenvalue weighted by atomic mass is 16.1. The molecule has 3 nitrogen and oxygen atoms in total. The molecule has 0 aromatic rings. The molecule has 4 unspecified atom stereocenters. The first-order chi connectivity index (χ1) is 7.66. The Morgan fingerprint density at radius 3 is 2.88 bits per heavy atom. The Kier molecular flexibility index (Phi) is 3.64. The van der Waals surface area contributed by atoms with E-state index in [0.29, 0.717) is 12.5 Å². The predicted octanol–water partition coefficient (Wildman–Crippen LogP) is 1.44. The first-order valence-electron chi connectivity index (χ1n) is 6.37. The Bertz CT molecular complexity index is 288. The van der Waals surface area contributed by atoms with Crippen LogP contribution in [0.4, 0.5) is 0 Å². The normalized spacial score (nSPS) is 33.2. The van der Waals surface area contributed by atoms with Gasteiger partial charge in [-0.1, -0.05) is 12.2 Å². The molecule has 3 heteroatoms. The maximum Gasteiger partial charge on any atom is 0.217 e. The van der Waals surface area contributed by atoms with Crippen LogP contribution in [0.3, 0.4) is 0 Å². The van der Waals surface area contributed by atoms with Gasteiger partial charge in [-0.05, 0) is 50.5 Å². The molecule has 2 rings (SSSR count). The number of amides is 1. The largest absolute Gasteiger partial charge is 0.370 e. The lowest BCUT2D eigenvalue weighted by Crippen LogP contribution is -2.36. The molecule has 1 amide bonds. The molecular weight excluding hydrogens is 200 g/mol. The summed E-state index contributed by atoms with van der Waals surface area (Å²) in [6, 6.07) is 0.563. The summed E-state index contributed by atoms with van der Waals surface area (Å²) < 4.78 is 0. The molecule has 0 aromatic carbocycles. The summed E-state index contributed by atoms with van der Waals surface area (Å²) >= 11 is 0. The van der Waals surface area contributed by atoms with E-state index in [0.717, 1.165) is 30.7 Å². The van der Waals surface area contributed by atoms with Crippen LogP contribution in [0, 0.1) is 17.8 Å². The van der Waals surface area contributed by atoms with E-state index in [4.69, 9.17) is 5.73 Å². The number of primary amides is 1. The first-order valence-corrected chi connectivity index (χ1v) is 6.37.